The molecule has 35 heavy (non-hydrogen) atoms. The first-order valence-electron chi connectivity index (χ1n) is 12.0. The predicted octanol–water partition coefficient (Wildman–Crippen LogP) is 4.80. The number of hydrogen-bond donors (Lipinski definition) is 1. The highest BCUT2D eigenvalue weighted by atomic mass is 16.5. The van der Waals surface area contributed by atoms with Crippen LogP contribution in [0.1, 0.15) is 43.1 Å². The molecule has 5 rings (SSSR count). The fourth-order valence-electron chi connectivity index (χ4n) is 4.21. The number of ether oxygens (including phenoxy) is 1. The number of rotatable bonds is 6. The van der Waals surface area contributed by atoms with Crippen LogP contribution in [0.3, 0.4) is 0 Å². The SMILES string of the molecule is CC(C)n1cc(-c2ccc3cnc(NC(=O)c4cccc(OC5CCN(C)CC5)c4)nc3c2)cn1. The van der Waals surface area contributed by atoms with Crippen LogP contribution < -0.4 is 10.1 Å². The lowest BCUT2D eigenvalue weighted by Crippen LogP contribution is -2.35. The fraction of sp³-hybridized carbons (Fsp3) is 0.333. The van der Waals surface area contributed by atoms with Gasteiger partial charge in [0.05, 0.1) is 11.7 Å². The van der Waals surface area contributed by atoms with Crippen molar-refractivity contribution >= 4 is 22.8 Å². The Morgan fingerprint density at radius 1 is 1.09 bits per heavy atom. The van der Waals surface area contributed by atoms with Gasteiger partial charge in [0.25, 0.3) is 5.91 Å². The monoisotopic (exact) mass is 470 g/mol. The zero-order valence-corrected chi connectivity index (χ0v) is 20.3. The molecular formula is C27H30N6O2. The number of anilines is 1. The van der Waals surface area contributed by atoms with Crippen LogP contribution in [-0.4, -0.2) is 56.8 Å². The Morgan fingerprint density at radius 2 is 1.91 bits per heavy atom. The standard InChI is InChI=1S/C27H30N6O2/c1-18(2)33-17-22(16-29-33)19-7-8-21-15-28-27(30-25(21)14-19)31-26(34)20-5-4-6-24(13-20)35-23-9-11-32(3)12-10-23/h4-8,13-18,23H,9-12H2,1-3H3,(H,28,30,31,34). The van der Waals surface area contributed by atoms with Gasteiger partial charge in [0.1, 0.15) is 11.9 Å². The van der Waals surface area contributed by atoms with Crippen molar-refractivity contribution in [1.82, 2.24) is 24.6 Å². The molecule has 0 unspecified atom stereocenters. The number of nitrogens with one attached hydrogen (secondary N) is 1. The van der Waals surface area contributed by atoms with E-state index in [1.54, 1.807) is 18.3 Å². The van der Waals surface area contributed by atoms with E-state index in [4.69, 9.17) is 4.74 Å². The molecule has 0 spiro atoms. The predicted molar refractivity (Wildman–Crippen MR) is 137 cm³/mol. The summed E-state index contributed by atoms with van der Waals surface area (Å²) in [4.78, 5) is 24.1. The molecule has 4 aromatic rings. The molecule has 1 aliphatic heterocycles. The second-order valence-electron chi connectivity index (χ2n) is 9.37. The third kappa shape index (κ3) is 5.33. The molecule has 3 heterocycles. The van der Waals surface area contributed by atoms with Gasteiger partial charge in [0.2, 0.25) is 5.95 Å². The average Bonchev–Trinajstić information content (AvgIpc) is 3.36. The maximum absolute atomic E-state index is 12.9. The number of benzene rings is 2. The number of carbonyl (C=O) groups is 1. The molecule has 8 heteroatoms. The lowest BCUT2D eigenvalue weighted by molar-refractivity contribution is 0.102. The lowest BCUT2D eigenvalue weighted by Gasteiger charge is -2.29. The van der Waals surface area contributed by atoms with E-state index in [9.17, 15) is 4.79 Å². The minimum Gasteiger partial charge on any atom is -0.490 e. The number of nitrogens with zero attached hydrogens (tertiary/aromatic N) is 5. The van der Waals surface area contributed by atoms with Crippen LogP contribution in [0.15, 0.2) is 61.1 Å². The second kappa shape index (κ2) is 9.84. The first-order valence-corrected chi connectivity index (χ1v) is 12.0. The minimum absolute atomic E-state index is 0.176. The van der Waals surface area contributed by atoms with E-state index in [2.05, 4.69) is 46.2 Å². The summed E-state index contributed by atoms with van der Waals surface area (Å²) in [6.45, 7) is 6.23. The molecule has 0 bridgehead atoms. The number of amides is 1. The molecular weight excluding hydrogens is 440 g/mol. The number of hydrogen-bond acceptors (Lipinski definition) is 6. The summed E-state index contributed by atoms with van der Waals surface area (Å²) in [5.74, 6) is 0.699. The molecule has 0 atom stereocenters. The van der Waals surface area contributed by atoms with Crippen LogP contribution in [0.25, 0.3) is 22.0 Å². The first kappa shape index (κ1) is 23.0. The van der Waals surface area contributed by atoms with Gasteiger partial charge in [-0.05, 0) is 63.6 Å². The number of carbonyl (C=O) groups excluding carboxylic acids is 1. The summed E-state index contributed by atoms with van der Waals surface area (Å²) >= 11 is 0. The Balaban J connectivity index is 1.31. The Morgan fingerprint density at radius 3 is 2.69 bits per heavy atom. The molecule has 1 fully saturated rings. The largest absolute Gasteiger partial charge is 0.490 e. The van der Waals surface area contributed by atoms with Crippen molar-refractivity contribution in [2.45, 2.75) is 38.8 Å². The zero-order valence-electron chi connectivity index (χ0n) is 20.3. The quantitative estimate of drug-likeness (QED) is 0.436. The zero-order chi connectivity index (χ0) is 24.4. The highest BCUT2D eigenvalue weighted by molar-refractivity contribution is 6.03. The van der Waals surface area contributed by atoms with Crippen molar-refractivity contribution in [1.29, 1.82) is 0 Å². The highest BCUT2D eigenvalue weighted by Gasteiger charge is 2.18. The van der Waals surface area contributed by atoms with E-state index in [1.807, 2.05) is 47.4 Å². The van der Waals surface area contributed by atoms with Crippen LogP contribution in [0, 0.1) is 0 Å². The number of piperidine rings is 1. The van der Waals surface area contributed by atoms with Gasteiger partial charge < -0.3 is 9.64 Å². The number of fused-ring (bicyclic) bond motifs is 1. The topological polar surface area (TPSA) is 85.2 Å². The molecule has 8 nitrogen and oxygen atoms in total. The Hall–Kier alpha value is -3.78. The molecule has 2 aromatic heterocycles. The van der Waals surface area contributed by atoms with Crippen LogP contribution in [0.4, 0.5) is 5.95 Å². The van der Waals surface area contributed by atoms with Gasteiger partial charge in [-0.25, -0.2) is 9.97 Å². The number of likely N-dealkylation sites (tertiary alicyclic amines) is 1. The van der Waals surface area contributed by atoms with E-state index in [0.29, 0.717) is 17.4 Å². The second-order valence-corrected chi connectivity index (χ2v) is 9.37. The third-order valence-electron chi connectivity index (χ3n) is 6.34. The van der Waals surface area contributed by atoms with E-state index in [1.165, 1.54) is 0 Å². The van der Waals surface area contributed by atoms with Gasteiger partial charge in [-0.2, -0.15) is 5.10 Å². The highest BCUT2D eigenvalue weighted by Crippen LogP contribution is 2.25. The summed E-state index contributed by atoms with van der Waals surface area (Å²) in [5.41, 5.74) is 3.30. The molecule has 0 radical (unpaired) electrons. The fourth-order valence-corrected chi connectivity index (χ4v) is 4.21. The molecule has 1 aliphatic rings. The lowest BCUT2D eigenvalue weighted by atomic mass is 10.1. The normalized spacial score (nSPS) is 15.0. The molecule has 1 saturated heterocycles. The molecule has 0 saturated carbocycles. The Kier molecular flexibility index (Phi) is 6.46. The third-order valence-corrected chi connectivity index (χ3v) is 6.34. The van der Waals surface area contributed by atoms with Crippen LogP contribution in [-0.2, 0) is 0 Å². The summed E-state index contributed by atoms with van der Waals surface area (Å²) in [5, 5.41) is 8.15. The van der Waals surface area contributed by atoms with Crippen LogP contribution >= 0.6 is 0 Å². The smallest absolute Gasteiger partial charge is 0.258 e. The summed E-state index contributed by atoms with van der Waals surface area (Å²) < 4.78 is 8.06. The van der Waals surface area contributed by atoms with E-state index < -0.39 is 0 Å². The van der Waals surface area contributed by atoms with Gasteiger partial charge in [0, 0.05) is 48.0 Å². The van der Waals surface area contributed by atoms with Gasteiger partial charge >= 0.3 is 0 Å². The molecule has 2 aromatic carbocycles. The van der Waals surface area contributed by atoms with Gasteiger partial charge in [0.15, 0.2) is 0 Å². The van der Waals surface area contributed by atoms with Gasteiger partial charge in [-0.3, -0.25) is 14.8 Å². The van der Waals surface area contributed by atoms with Crippen molar-refractivity contribution in [2.24, 2.45) is 0 Å². The minimum atomic E-state index is -0.271. The molecule has 0 aliphatic carbocycles. The van der Waals surface area contributed by atoms with Crippen molar-refractivity contribution in [3.63, 3.8) is 0 Å². The maximum Gasteiger partial charge on any atom is 0.258 e. The molecule has 1 amide bonds. The maximum atomic E-state index is 12.9. The van der Waals surface area contributed by atoms with Gasteiger partial charge in [-0.1, -0.05) is 18.2 Å². The van der Waals surface area contributed by atoms with E-state index in [-0.39, 0.29) is 18.0 Å². The summed E-state index contributed by atoms with van der Waals surface area (Å²) in [7, 11) is 2.12. The van der Waals surface area contributed by atoms with Crippen molar-refractivity contribution in [2.75, 3.05) is 25.5 Å². The Bertz CT molecular complexity index is 1340. The van der Waals surface area contributed by atoms with E-state index in [0.717, 1.165) is 48.0 Å². The number of aromatic nitrogens is 4. The first-order chi connectivity index (χ1) is 16.9. The Labute approximate surface area is 205 Å². The average molecular weight is 471 g/mol. The van der Waals surface area contributed by atoms with Crippen LogP contribution in [0.2, 0.25) is 0 Å². The molecule has 180 valence electrons. The summed E-state index contributed by atoms with van der Waals surface area (Å²) in [6, 6.07) is 13.6. The van der Waals surface area contributed by atoms with Crippen molar-refractivity contribution in [3.8, 4) is 16.9 Å². The van der Waals surface area contributed by atoms with Gasteiger partial charge in [-0.15, -0.1) is 0 Å². The van der Waals surface area contributed by atoms with E-state index >= 15 is 0 Å². The molecule has 1 N–H and O–H groups in total. The van der Waals surface area contributed by atoms with Crippen molar-refractivity contribution < 1.29 is 9.53 Å². The summed E-state index contributed by atoms with van der Waals surface area (Å²) in [6.07, 6.45) is 7.74. The van der Waals surface area contributed by atoms with Crippen molar-refractivity contribution in [3.05, 3.63) is 66.6 Å². The van der Waals surface area contributed by atoms with Crippen LogP contribution in [0.5, 0.6) is 5.75 Å².